The average molecular weight is 1190 g/mol. The van der Waals surface area contributed by atoms with E-state index in [4.69, 9.17) is 33.9 Å². The number of phenolic OH excluding ortho intramolecular Hbond substituents is 1. The van der Waals surface area contributed by atoms with Crippen LogP contribution in [0.3, 0.4) is 0 Å². The summed E-state index contributed by atoms with van der Waals surface area (Å²) < 4.78 is 23.3. The van der Waals surface area contributed by atoms with Gasteiger partial charge in [0, 0.05) is 43.2 Å². The maximum atomic E-state index is 13.3. The molecule has 1 heterocycles. The zero-order chi connectivity index (χ0) is 62.1. The molecule has 0 bridgehead atoms. The minimum atomic E-state index is -0.996. The van der Waals surface area contributed by atoms with Crippen LogP contribution in [0.5, 0.6) is 11.5 Å². The first-order valence-electron chi connectivity index (χ1n) is 31.2. The molecule has 17 heteroatoms. The monoisotopic (exact) mass is 1190 g/mol. The molecular formula is C70H89N7O10. The number of carbonyl (C=O) groups is 4. The van der Waals surface area contributed by atoms with Crippen molar-refractivity contribution in [1.29, 1.82) is 0 Å². The van der Waals surface area contributed by atoms with Crippen molar-refractivity contribution in [2.45, 2.75) is 162 Å². The molecular weight excluding hydrogens is 1100 g/mol. The molecule has 0 aliphatic rings. The van der Waals surface area contributed by atoms with Gasteiger partial charge in [-0.3, -0.25) is 4.79 Å². The summed E-state index contributed by atoms with van der Waals surface area (Å²) in [5, 5.41) is 17.3. The Hall–Kier alpha value is -8.43. The number of benzene rings is 5. The van der Waals surface area contributed by atoms with Crippen LogP contribution >= 0.6 is 0 Å². The third-order valence-electron chi connectivity index (χ3n) is 14.7. The van der Waals surface area contributed by atoms with Gasteiger partial charge < -0.3 is 34.7 Å². The maximum absolute atomic E-state index is 13.3. The quantitative estimate of drug-likeness (QED) is 0.0110. The minimum Gasteiger partial charge on any atom is -0.507 e. The van der Waals surface area contributed by atoms with Gasteiger partial charge in [-0.25, -0.2) is 44.0 Å². The van der Waals surface area contributed by atoms with E-state index in [0.717, 1.165) is 115 Å². The first-order chi connectivity index (χ1) is 42.2. The van der Waals surface area contributed by atoms with Crippen LogP contribution < -0.4 is 15.4 Å². The van der Waals surface area contributed by atoms with E-state index < -0.39 is 30.3 Å². The number of hydrogen-bond donors (Lipinski definition) is 3. The molecule has 6 rings (SSSR count). The Labute approximate surface area is 514 Å². The smallest absolute Gasteiger partial charge is 0.418 e. The Morgan fingerprint density at radius 2 is 1.16 bits per heavy atom. The molecule has 17 nitrogen and oxygen atoms in total. The Bertz CT molecular complexity index is 2980. The molecule has 0 spiro atoms. The number of esters is 1. The van der Waals surface area contributed by atoms with Crippen molar-refractivity contribution >= 4 is 30.3 Å². The molecule has 5 aromatic carbocycles. The van der Waals surface area contributed by atoms with Gasteiger partial charge in [-0.15, -0.1) is 0 Å². The summed E-state index contributed by atoms with van der Waals surface area (Å²) in [6.45, 7) is 11.5. The van der Waals surface area contributed by atoms with Gasteiger partial charge in [-0.05, 0) is 97.6 Å². The van der Waals surface area contributed by atoms with E-state index in [1.807, 2.05) is 91.9 Å². The van der Waals surface area contributed by atoms with Gasteiger partial charge in [0.25, 0.3) is 0 Å². The van der Waals surface area contributed by atoms with Crippen LogP contribution in [-0.2, 0) is 23.8 Å². The van der Waals surface area contributed by atoms with Gasteiger partial charge in [-0.1, -0.05) is 195 Å². The summed E-state index contributed by atoms with van der Waals surface area (Å²) in [6.07, 6.45) is 12.8. The molecule has 3 N–H and O–H groups in total. The number of isocyanates is 1. The molecule has 6 aromatic rings. The summed E-state index contributed by atoms with van der Waals surface area (Å²) in [7, 11) is 0. The molecule has 0 saturated carbocycles. The standard InChI is InChI=1S/C70H89N7O10/c1-6-8-16-31-58(7-2)87-69(83)77(47-26-12-11-23-44-71-51-78)67(81)72-45-24-9-10-25-46-73-68(82)86-60(50-85-63(80)32-21-15-22-43-70(3,4)5)49-84-59-41-42-61(62(79)48-59)66-75-64(56-37-33-54(34-38-56)52-27-17-13-18-28-52)74-65(76-66)57-39-35-55(36-40-57)53-29-19-14-20-30-53/h13-14,17-20,27-30,33-42,48,58,60,79H,6-12,15-16,21-26,31-32,43-47,49-50H2,1-5H3,(H,72,81)(H,73,82). The largest absolute Gasteiger partial charge is 0.507 e. The number of amides is 4. The van der Waals surface area contributed by atoms with Crippen molar-refractivity contribution in [3.8, 4) is 67.9 Å². The van der Waals surface area contributed by atoms with E-state index >= 15 is 0 Å². The number of nitrogens with zero attached hydrogens (tertiary/aromatic N) is 5. The number of carbonyl (C=O) groups excluding carboxylic acids is 5. The number of urea groups is 1. The number of unbranched alkanes of at least 4 members (excludes halogenated alkanes) is 10. The van der Waals surface area contributed by atoms with E-state index in [9.17, 15) is 29.1 Å². The SMILES string of the molecule is CCCCCC(CC)OC(=O)N(CCCCCCN=C=O)C(=O)NCCCCCCNC(=O)OC(COC(=O)CCCCCC(C)(C)C)COc1ccc(-c2nc(-c3ccc(-c4ccccc4)cc3)nc(-c3ccc(-c4ccccc4)cc3)n2)c(O)c1. The van der Waals surface area contributed by atoms with Gasteiger partial charge in [0.05, 0.1) is 12.1 Å². The number of aromatic hydroxyl groups is 1. The highest BCUT2D eigenvalue weighted by Gasteiger charge is 2.26. The van der Waals surface area contributed by atoms with Crippen LogP contribution in [0.2, 0.25) is 0 Å². The Morgan fingerprint density at radius 3 is 1.75 bits per heavy atom. The molecule has 0 fully saturated rings. The zero-order valence-corrected chi connectivity index (χ0v) is 51.6. The Balaban J connectivity index is 1.06. The van der Waals surface area contributed by atoms with E-state index in [1.165, 1.54) is 6.07 Å². The van der Waals surface area contributed by atoms with E-state index in [2.05, 4.69) is 67.6 Å². The summed E-state index contributed by atoms with van der Waals surface area (Å²) in [6, 6.07) is 40.4. The van der Waals surface area contributed by atoms with Crippen molar-refractivity contribution < 1.29 is 48.0 Å². The first-order valence-corrected chi connectivity index (χ1v) is 31.2. The predicted octanol–water partition coefficient (Wildman–Crippen LogP) is 15.9. The number of aromatic nitrogens is 3. The molecule has 2 unspecified atom stereocenters. The lowest BCUT2D eigenvalue weighted by Crippen LogP contribution is -2.45. The second-order valence-electron chi connectivity index (χ2n) is 23.0. The molecule has 87 heavy (non-hydrogen) atoms. The average Bonchev–Trinajstić information content (AvgIpc) is 3.66. The minimum absolute atomic E-state index is 0.160. The van der Waals surface area contributed by atoms with Crippen molar-refractivity contribution in [3.63, 3.8) is 0 Å². The molecule has 1 aromatic heterocycles. The van der Waals surface area contributed by atoms with Crippen molar-refractivity contribution in [2.24, 2.45) is 10.4 Å². The third kappa shape index (κ3) is 24.5. The molecule has 0 radical (unpaired) electrons. The second kappa shape index (κ2) is 37.2. The Kier molecular flexibility index (Phi) is 28.9. The number of hydrogen-bond acceptors (Lipinski definition) is 14. The van der Waals surface area contributed by atoms with Gasteiger partial charge >= 0.3 is 24.2 Å². The predicted molar refractivity (Wildman–Crippen MR) is 341 cm³/mol. The number of nitrogens with one attached hydrogen (secondary N) is 2. The fourth-order valence-corrected chi connectivity index (χ4v) is 9.68. The number of alkyl carbamates (subject to hydrolysis) is 1. The maximum Gasteiger partial charge on any atom is 0.418 e. The third-order valence-corrected chi connectivity index (χ3v) is 14.7. The highest BCUT2D eigenvalue weighted by Crippen LogP contribution is 2.34. The normalized spacial score (nSPS) is 11.8. The van der Waals surface area contributed by atoms with Crippen LogP contribution in [0, 0.1) is 5.41 Å². The number of rotatable bonds is 36. The van der Waals surface area contributed by atoms with Crippen LogP contribution in [0.4, 0.5) is 14.4 Å². The van der Waals surface area contributed by atoms with Crippen LogP contribution in [0.1, 0.15) is 150 Å². The van der Waals surface area contributed by atoms with Crippen LogP contribution in [-0.4, -0.2) is 107 Å². The lowest BCUT2D eigenvalue weighted by molar-refractivity contribution is -0.147. The van der Waals surface area contributed by atoms with Crippen LogP contribution in [0.15, 0.2) is 132 Å². The summed E-state index contributed by atoms with van der Waals surface area (Å²) in [5.41, 5.74) is 6.31. The topological polar surface area (TPSA) is 221 Å². The number of aliphatic imine (C=N–C) groups is 1. The molecule has 464 valence electrons. The van der Waals surface area contributed by atoms with E-state index in [-0.39, 0.29) is 55.0 Å². The number of phenols is 1. The first kappa shape index (κ1) is 67.7. The molecule has 2 atom stereocenters. The van der Waals surface area contributed by atoms with Gasteiger partial charge in [0.15, 0.2) is 23.6 Å². The van der Waals surface area contributed by atoms with E-state index in [0.29, 0.717) is 69.0 Å². The fourth-order valence-electron chi connectivity index (χ4n) is 9.68. The summed E-state index contributed by atoms with van der Waals surface area (Å²) in [5.74, 6) is 0.778. The molecule has 4 amide bonds. The van der Waals surface area contributed by atoms with E-state index in [1.54, 1.807) is 18.2 Å². The molecule has 0 saturated heterocycles. The lowest BCUT2D eigenvalue weighted by atomic mass is 9.89. The van der Waals surface area contributed by atoms with Crippen molar-refractivity contribution in [1.82, 2.24) is 30.5 Å². The highest BCUT2D eigenvalue weighted by atomic mass is 16.6. The number of ether oxygens (including phenoxy) is 4. The van der Waals surface area contributed by atoms with Gasteiger partial charge in [0.1, 0.15) is 30.8 Å². The van der Waals surface area contributed by atoms with Crippen LogP contribution in [0.25, 0.3) is 56.4 Å². The van der Waals surface area contributed by atoms with Gasteiger partial charge in [0.2, 0.25) is 6.08 Å². The number of imide groups is 1. The van der Waals surface area contributed by atoms with Crippen molar-refractivity contribution in [3.05, 3.63) is 127 Å². The molecule has 0 aliphatic heterocycles. The van der Waals surface area contributed by atoms with Crippen molar-refractivity contribution in [2.75, 3.05) is 39.4 Å². The summed E-state index contributed by atoms with van der Waals surface area (Å²) >= 11 is 0. The van der Waals surface area contributed by atoms with Gasteiger partial charge in [-0.2, -0.15) is 0 Å². The fraction of sp³-hybridized carbons (Fsp3) is 0.457. The zero-order valence-electron chi connectivity index (χ0n) is 51.6. The molecule has 0 aliphatic carbocycles. The second-order valence-corrected chi connectivity index (χ2v) is 23.0. The summed E-state index contributed by atoms with van der Waals surface area (Å²) in [4.78, 5) is 82.6. The highest BCUT2D eigenvalue weighted by molar-refractivity contribution is 5.91. The Morgan fingerprint density at radius 1 is 0.598 bits per heavy atom. The lowest BCUT2D eigenvalue weighted by Gasteiger charge is -2.24.